The van der Waals surface area contributed by atoms with Crippen molar-refractivity contribution in [3.8, 4) is 0 Å². The molecule has 118 valence electrons. The highest BCUT2D eigenvalue weighted by molar-refractivity contribution is 4.72. The van der Waals surface area contributed by atoms with Gasteiger partial charge >= 0.3 is 0 Å². The summed E-state index contributed by atoms with van der Waals surface area (Å²) in [6.45, 7) is 0. The maximum absolute atomic E-state index is 3.71. The van der Waals surface area contributed by atoms with E-state index in [0.29, 0.717) is 0 Å². The average Bonchev–Trinajstić information content (AvgIpc) is 2.76. The highest BCUT2D eigenvalue weighted by atomic mass is 15.4. The molecule has 0 heterocycles. The molecule has 2 fully saturated rings. The average molecular weight is 280 g/mol. The molecule has 0 amide bonds. The third-order valence-electron chi connectivity index (χ3n) is 5.20. The van der Waals surface area contributed by atoms with Crippen LogP contribution in [0.3, 0.4) is 0 Å². The summed E-state index contributed by atoms with van der Waals surface area (Å²) in [7, 11) is 0. The topological polar surface area (TPSA) is 24.1 Å². The van der Waals surface area contributed by atoms with Crippen molar-refractivity contribution in [2.24, 2.45) is 0 Å². The SMILES string of the molecule is C1CCCCCC(NNC2CCCCCC2)CCCC1. The molecule has 2 rings (SSSR count). The van der Waals surface area contributed by atoms with Crippen LogP contribution in [0.4, 0.5) is 0 Å². The van der Waals surface area contributed by atoms with E-state index in [1.165, 1.54) is 103 Å². The zero-order chi connectivity index (χ0) is 13.9. The van der Waals surface area contributed by atoms with Crippen LogP contribution in [0.15, 0.2) is 0 Å². The second kappa shape index (κ2) is 10.6. The van der Waals surface area contributed by atoms with Crippen molar-refractivity contribution in [3.05, 3.63) is 0 Å². The lowest BCUT2D eigenvalue weighted by Gasteiger charge is -2.24. The van der Waals surface area contributed by atoms with Crippen molar-refractivity contribution >= 4 is 0 Å². The fourth-order valence-corrected chi connectivity index (χ4v) is 3.79. The number of rotatable bonds is 3. The first-order chi connectivity index (χ1) is 9.95. The van der Waals surface area contributed by atoms with Gasteiger partial charge in [-0.1, -0.05) is 77.0 Å². The highest BCUT2D eigenvalue weighted by Crippen LogP contribution is 2.18. The van der Waals surface area contributed by atoms with E-state index in [4.69, 9.17) is 0 Å². The molecule has 0 aliphatic heterocycles. The summed E-state index contributed by atoms with van der Waals surface area (Å²) in [5.74, 6) is 0. The van der Waals surface area contributed by atoms with Crippen LogP contribution in [0.2, 0.25) is 0 Å². The number of hydrogen-bond acceptors (Lipinski definition) is 2. The molecule has 20 heavy (non-hydrogen) atoms. The van der Waals surface area contributed by atoms with Crippen LogP contribution in [0.5, 0.6) is 0 Å². The molecular formula is C18H36N2. The van der Waals surface area contributed by atoms with Gasteiger partial charge in [-0.3, -0.25) is 10.9 Å². The smallest absolute Gasteiger partial charge is 0.0213 e. The van der Waals surface area contributed by atoms with Crippen molar-refractivity contribution in [3.63, 3.8) is 0 Å². The molecule has 0 atom stereocenters. The van der Waals surface area contributed by atoms with Gasteiger partial charge in [-0.2, -0.15) is 0 Å². The lowest BCUT2D eigenvalue weighted by molar-refractivity contribution is 0.317. The second-order valence-corrected chi connectivity index (χ2v) is 7.08. The van der Waals surface area contributed by atoms with Crippen LogP contribution in [0.25, 0.3) is 0 Å². The van der Waals surface area contributed by atoms with E-state index in [1.54, 1.807) is 0 Å². The van der Waals surface area contributed by atoms with Crippen molar-refractivity contribution in [2.75, 3.05) is 0 Å². The first-order valence-corrected chi connectivity index (χ1v) is 9.46. The zero-order valence-electron chi connectivity index (χ0n) is 13.5. The van der Waals surface area contributed by atoms with Gasteiger partial charge in [0.2, 0.25) is 0 Å². The standard InChI is InChI=1S/C18H36N2/c1-2-4-6-10-14-17(13-9-5-3-1)19-20-18-15-11-7-8-12-16-18/h17-20H,1-16H2. The van der Waals surface area contributed by atoms with E-state index >= 15 is 0 Å². The molecule has 0 aromatic carbocycles. The lowest BCUT2D eigenvalue weighted by Crippen LogP contribution is -2.46. The van der Waals surface area contributed by atoms with Crippen molar-refractivity contribution < 1.29 is 0 Å². The van der Waals surface area contributed by atoms with Gasteiger partial charge in [-0.15, -0.1) is 0 Å². The summed E-state index contributed by atoms with van der Waals surface area (Å²) < 4.78 is 0. The summed E-state index contributed by atoms with van der Waals surface area (Å²) >= 11 is 0. The minimum atomic E-state index is 0.719. The van der Waals surface area contributed by atoms with Crippen molar-refractivity contribution in [1.29, 1.82) is 0 Å². The maximum atomic E-state index is 3.71. The minimum Gasteiger partial charge on any atom is -0.255 e. The summed E-state index contributed by atoms with van der Waals surface area (Å²) in [5.41, 5.74) is 7.39. The van der Waals surface area contributed by atoms with Gasteiger partial charge in [-0.25, -0.2) is 0 Å². The predicted molar refractivity (Wildman–Crippen MR) is 87.7 cm³/mol. The first-order valence-electron chi connectivity index (χ1n) is 9.46. The van der Waals surface area contributed by atoms with Gasteiger partial charge in [-0.05, 0) is 25.7 Å². The molecule has 0 radical (unpaired) electrons. The third kappa shape index (κ3) is 7.08. The fraction of sp³-hybridized carbons (Fsp3) is 1.00. The molecule has 0 bridgehead atoms. The van der Waals surface area contributed by atoms with E-state index in [-0.39, 0.29) is 0 Å². The molecule has 2 aliphatic carbocycles. The Kier molecular flexibility index (Phi) is 8.65. The Morgan fingerprint density at radius 1 is 0.350 bits per heavy atom. The molecule has 2 nitrogen and oxygen atoms in total. The Hall–Kier alpha value is -0.0800. The van der Waals surface area contributed by atoms with Crippen LogP contribution < -0.4 is 10.9 Å². The quantitative estimate of drug-likeness (QED) is 0.556. The van der Waals surface area contributed by atoms with E-state index in [9.17, 15) is 0 Å². The molecule has 2 N–H and O–H groups in total. The number of nitrogens with one attached hydrogen (secondary N) is 2. The first kappa shape index (κ1) is 16.3. The molecule has 0 saturated heterocycles. The van der Waals surface area contributed by atoms with Crippen molar-refractivity contribution in [2.45, 2.75) is 115 Å². The number of hydrogen-bond donors (Lipinski definition) is 2. The minimum absolute atomic E-state index is 0.719. The van der Waals surface area contributed by atoms with Crippen LogP contribution in [0, 0.1) is 0 Å². The molecule has 0 aromatic rings. The Balaban J connectivity index is 1.67. The zero-order valence-corrected chi connectivity index (χ0v) is 13.5. The summed E-state index contributed by atoms with van der Waals surface area (Å²) in [4.78, 5) is 0. The Bertz CT molecular complexity index is 209. The Morgan fingerprint density at radius 2 is 0.600 bits per heavy atom. The third-order valence-corrected chi connectivity index (χ3v) is 5.20. The predicted octanol–water partition coefficient (Wildman–Crippen LogP) is 5.09. The van der Waals surface area contributed by atoms with Crippen LogP contribution in [0.1, 0.15) is 103 Å². The molecule has 0 unspecified atom stereocenters. The van der Waals surface area contributed by atoms with E-state index in [2.05, 4.69) is 10.9 Å². The van der Waals surface area contributed by atoms with E-state index in [0.717, 1.165) is 12.1 Å². The van der Waals surface area contributed by atoms with Gasteiger partial charge in [0.25, 0.3) is 0 Å². The van der Waals surface area contributed by atoms with Gasteiger partial charge in [0.1, 0.15) is 0 Å². The summed E-state index contributed by atoms with van der Waals surface area (Å²) in [6, 6.07) is 1.45. The maximum Gasteiger partial charge on any atom is 0.0213 e. The molecule has 2 saturated carbocycles. The lowest BCUT2D eigenvalue weighted by atomic mass is 10.0. The molecule has 0 aromatic heterocycles. The molecular weight excluding hydrogens is 244 g/mol. The van der Waals surface area contributed by atoms with E-state index in [1.807, 2.05) is 0 Å². The van der Waals surface area contributed by atoms with Crippen LogP contribution in [-0.2, 0) is 0 Å². The van der Waals surface area contributed by atoms with Crippen molar-refractivity contribution in [1.82, 2.24) is 10.9 Å². The second-order valence-electron chi connectivity index (χ2n) is 7.08. The van der Waals surface area contributed by atoms with Gasteiger partial charge in [0.15, 0.2) is 0 Å². The van der Waals surface area contributed by atoms with Crippen LogP contribution in [-0.4, -0.2) is 12.1 Å². The Labute approximate surface area is 126 Å². The molecule has 0 spiro atoms. The molecule has 2 heteroatoms. The normalized spacial score (nSPS) is 25.8. The largest absolute Gasteiger partial charge is 0.255 e. The van der Waals surface area contributed by atoms with E-state index < -0.39 is 0 Å². The van der Waals surface area contributed by atoms with Gasteiger partial charge in [0.05, 0.1) is 0 Å². The summed E-state index contributed by atoms with van der Waals surface area (Å²) in [5, 5.41) is 0. The van der Waals surface area contributed by atoms with Gasteiger partial charge in [0, 0.05) is 12.1 Å². The Morgan fingerprint density at radius 3 is 0.900 bits per heavy atom. The van der Waals surface area contributed by atoms with Crippen LogP contribution >= 0.6 is 0 Å². The number of hydrazine groups is 1. The summed E-state index contributed by atoms with van der Waals surface area (Å²) in [6.07, 6.45) is 22.8. The monoisotopic (exact) mass is 280 g/mol. The van der Waals surface area contributed by atoms with Gasteiger partial charge < -0.3 is 0 Å². The highest BCUT2D eigenvalue weighted by Gasteiger charge is 2.14. The fourth-order valence-electron chi connectivity index (χ4n) is 3.79. The molecule has 2 aliphatic rings.